The second-order valence-corrected chi connectivity index (χ2v) is 8.89. The number of carbonyl (C=O) groups is 1. The Hall–Kier alpha value is -0.430. The lowest BCUT2D eigenvalue weighted by Crippen LogP contribution is -2.22. The molecule has 0 amide bonds. The van der Waals surface area contributed by atoms with Crippen LogP contribution in [0.3, 0.4) is 0 Å². The Morgan fingerprint density at radius 1 is 1.33 bits per heavy atom. The van der Waals surface area contributed by atoms with Crippen LogP contribution in [0.2, 0.25) is 0 Å². The molecule has 106 valence electrons. The van der Waals surface area contributed by atoms with Gasteiger partial charge in [-0.2, -0.15) is 0 Å². The Kier molecular flexibility index (Phi) is 5.33. The van der Waals surface area contributed by atoms with Crippen LogP contribution in [-0.4, -0.2) is 46.7 Å². The van der Waals surface area contributed by atoms with Crippen LogP contribution in [0.4, 0.5) is 0 Å². The molecule has 0 aromatic carbocycles. The fourth-order valence-electron chi connectivity index (χ4n) is 1.92. The van der Waals surface area contributed by atoms with Gasteiger partial charge in [-0.05, 0) is 24.7 Å². The molecule has 1 aliphatic rings. The van der Waals surface area contributed by atoms with Gasteiger partial charge in [-0.25, -0.2) is 8.42 Å². The van der Waals surface area contributed by atoms with Crippen molar-refractivity contribution in [3.63, 3.8) is 0 Å². The molecule has 1 atom stereocenters. The van der Waals surface area contributed by atoms with Crippen LogP contribution >= 0.6 is 0 Å². The lowest BCUT2D eigenvalue weighted by Gasteiger charge is -2.11. The number of carboxylic acids is 1. The highest BCUT2D eigenvalue weighted by molar-refractivity contribution is 7.93. The van der Waals surface area contributed by atoms with Crippen molar-refractivity contribution in [2.45, 2.75) is 32.6 Å². The summed E-state index contributed by atoms with van der Waals surface area (Å²) < 4.78 is 34.7. The third kappa shape index (κ3) is 5.48. The summed E-state index contributed by atoms with van der Waals surface area (Å²) in [5.41, 5.74) is -0.328. The van der Waals surface area contributed by atoms with Gasteiger partial charge < -0.3 is 5.11 Å². The van der Waals surface area contributed by atoms with Crippen LogP contribution in [0.15, 0.2) is 0 Å². The number of hydrogen-bond acceptors (Lipinski definition) is 4. The lowest BCUT2D eigenvalue weighted by atomic mass is 10.1. The van der Waals surface area contributed by atoms with Gasteiger partial charge in [0.25, 0.3) is 0 Å². The number of hydrogen-bond donors (Lipinski definition) is 1. The van der Waals surface area contributed by atoms with Crippen molar-refractivity contribution >= 4 is 26.6 Å². The van der Waals surface area contributed by atoms with Crippen molar-refractivity contribution in [2.75, 3.05) is 23.0 Å². The molecule has 5 nitrogen and oxygen atoms in total. The van der Waals surface area contributed by atoms with E-state index in [0.29, 0.717) is 12.2 Å². The molecule has 0 saturated heterocycles. The normalized spacial score (nSPS) is 19.4. The smallest absolute Gasteiger partial charge is 0.303 e. The largest absolute Gasteiger partial charge is 0.481 e. The second-order valence-electron chi connectivity index (χ2n) is 5.01. The summed E-state index contributed by atoms with van der Waals surface area (Å²) in [6, 6.07) is 0. The molecule has 0 aliphatic heterocycles. The van der Waals surface area contributed by atoms with E-state index in [-0.39, 0.29) is 29.1 Å². The van der Waals surface area contributed by atoms with E-state index >= 15 is 0 Å². The molecular formula is C11H20O5S2. The Balaban J connectivity index is 2.37. The van der Waals surface area contributed by atoms with Gasteiger partial charge in [0, 0.05) is 28.1 Å². The molecule has 18 heavy (non-hydrogen) atoms. The SMILES string of the molecule is CCCS(=O)(=O)CCS(=O)CC1(CC(=O)O)CC1. The quantitative estimate of drug-likeness (QED) is 0.680. The molecule has 7 heteroatoms. The van der Waals surface area contributed by atoms with Crippen molar-refractivity contribution < 1.29 is 22.5 Å². The molecule has 0 spiro atoms. The van der Waals surface area contributed by atoms with Crippen molar-refractivity contribution in [1.29, 1.82) is 0 Å². The fraction of sp³-hybridized carbons (Fsp3) is 0.909. The van der Waals surface area contributed by atoms with E-state index in [1.54, 1.807) is 6.92 Å². The first-order valence-electron chi connectivity index (χ1n) is 6.06. The standard InChI is InChI=1S/C11H20O5S2/c1-2-6-18(15,16)7-5-17(14)9-11(3-4-11)8-10(12)13/h2-9H2,1H3,(H,12,13). The molecule has 0 aromatic rings. The molecule has 1 aliphatic carbocycles. The third-order valence-corrected chi connectivity index (χ3v) is 6.80. The molecule has 0 bridgehead atoms. The van der Waals surface area contributed by atoms with E-state index < -0.39 is 26.6 Å². The third-order valence-electron chi connectivity index (χ3n) is 3.09. The average molecular weight is 296 g/mol. The molecule has 1 N–H and O–H groups in total. The second kappa shape index (κ2) is 6.14. The number of carboxylic acid groups (broad SMARTS) is 1. The minimum Gasteiger partial charge on any atom is -0.481 e. The molecule has 1 saturated carbocycles. The van der Waals surface area contributed by atoms with Crippen molar-refractivity contribution in [3.8, 4) is 0 Å². The van der Waals surface area contributed by atoms with Gasteiger partial charge in [0.05, 0.1) is 12.2 Å². The summed E-state index contributed by atoms with van der Waals surface area (Å²) in [6.45, 7) is 1.79. The monoisotopic (exact) mass is 296 g/mol. The van der Waals surface area contributed by atoms with Crippen LogP contribution in [0, 0.1) is 5.41 Å². The number of sulfone groups is 1. The Bertz CT molecular complexity index is 423. The molecule has 0 heterocycles. The van der Waals surface area contributed by atoms with Crippen molar-refractivity contribution in [3.05, 3.63) is 0 Å². The Morgan fingerprint density at radius 3 is 2.39 bits per heavy atom. The van der Waals surface area contributed by atoms with Gasteiger partial charge in [-0.3, -0.25) is 9.00 Å². The minimum atomic E-state index is -3.09. The first kappa shape index (κ1) is 15.6. The highest BCUT2D eigenvalue weighted by Crippen LogP contribution is 2.49. The van der Waals surface area contributed by atoms with Crippen LogP contribution in [0.25, 0.3) is 0 Å². The van der Waals surface area contributed by atoms with E-state index in [9.17, 15) is 17.4 Å². The van der Waals surface area contributed by atoms with Gasteiger partial charge >= 0.3 is 5.97 Å². The van der Waals surface area contributed by atoms with E-state index in [1.807, 2.05) is 0 Å². The predicted molar refractivity (Wildman–Crippen MR) is 70.7 cm³/mol. The Labute approximate surface area is 110 Å². The highest BCUT2D eigenvalue weighted by Gasteiger charge is 2.45. The van der Waals surface area contributed by atoms with Crippen molar-refractivity contribution in [1.82, 2.24) is 0 Å². The molecule has 1 unspecified atom stereocenters. The van der Waals surface area contributed by atoms with Crippen LogP contribution in [0.1, 0.15) is 32.6 Å². The maximum Gasteiger partial charge on any atom is 0.303 e. The molecule has 1 rings (SSSR count). The predicted octanol–water partition coefficient (Wildman–Crippen LogP) is 0.815. The van der Waals surface area contributed by atoms with Crippen LogP contribution < -0.4 is 0 Å². The summed E-state index contributed by atoms with van der Waals surface area (Å²) in [6.07, 6.45) is 2.18. The van der Waals surface area contributed by atoms with Gasteiger partial charge in [0.2, 0.25) is 0 Å². The summed E-state index contributed by atoms with van der Waals surface area (Å²) in [7, 11) is -4.33. The lowest BCUT2D eigenvalue weighted by molar-refractivity contribution is -0.138. The minimum absolute atomic E-state index is 0.0421. The number of aliphatic carboxylic acids is 1. The van der Waals surface area contributed by atoms with E-state index in [4.69, 9.17) is 5.11 Å². The summed E-state index contributed by atoms with van der Waals surface area (Å²) in [5, 5.41) is 8.74. The van der Waals surface area contributed by atoms with Gasteiger partial charge in [0.1, 0.15) is 0 Å². The zero-order valence-corrected chi connectivity index (χ0v) is 12.2. The van der Waals surface area contributed by atoms with Gasteiger partial charge in [-0.15, -0.1) is 0 Å². The topological polar surface area (TPSA) is 88.5 Å². The van der Waals surface area contributed by atoms with Gasteiger partial charge in [-0.1, -0.05) is 6.92 Å². The first-order chi connectivity index (χ1) is 8.29. The fourth-order valence-corrected chi connectivity index (χ4v) is 5.72. The van der Waals surface area contributed by atoms with Crippen molar-refractivity contribution in [2.24, 2.45) is 5.41 Å². The molecule has 0 radical (unpaired) electrons. The molecular weight excluding hydrogens is 276 g/mol. The van der Waals surface area contributed by atoms with Gasteiger partial charge in [0.15, 0.2) is 9.84 Å². The molecule has 1 fully saturated rings. The maximum absolute atomic E-state index is 11.8. The first-order valence-corrected chi connectivity index (χ1v) is 9.37. The zero-order chi connectivity index (χ0) is 13.8. The number of rotatable bonds is 9. The van der Waals surface area contributed by atoms with E-state index in [0.717, 1.165) is 12.8 Å². The summed E-state index contributed by atoms with van der Waals surface area (Å²) in [4.78, 5) is 10.6. The van der Waals surface area contributed by atoms with Crippen LogP contribution in [0.5, 0.6) is 0 Å². The molecule has 0 aromatic heterocycles. The summed E-state index contributed by atoms with van der Waals surface area (Å²) in [5.74, 6) is -0.353. The summed E-state index contributed by atoms with van der Waals surface area (Å²) >= 11 is 0. The maximum atomic E-state index is 11.8. The van der Waals surface area contributed by atoms with E-state index in [1.165, 1.54) is 0 Å². The van der Waals surface area contributed by atoms with E-state index in [2.05, 4.69) is 0 Å². The zero-order valence-electron chi connectivity index (χ0n) is 10.6. The average Bonchev–Trinajstić information content (AvgIpc) is 2.93. The Morgan fingerprint density at radius 2 is 1.94 bits per heavy atom. The highest BCUT2D eigenvalue weighted by atomic mass is 32.2. The van der Waals surface area contributed by atoms with Crippen LogP contribution in [-0.2, 0) is 25.4 Å².